The molecule has 0 aromatic heterocycles. The normalized spacial score (nSPS) is 13.8. The standard InChI is InChI=1S/C16H26N2O2/c1-12-6-8-15(9-7-12)18-16(20)14(3)17-10-4-5-13(2)11-19/h6-9,13-14,17,19H,4-5,10-11H2,1-3H3,(H,18,20). The molecule has 1 rings (SSSR count). The van der Waals surface area contributed by atoms with Crippen molar-refractivity contribution in [3.8, 4) is 0 Å². The molecule has 1 aromatic carbocycles. The third-order valence-corrected chi connectivity index (χ3v) is 3.35. The van der Waals surface area contributed by atoms with Crippen LogP contribution in [0.4, 0.5) is 5.69 Å². The summed E-state index contributed by atoms with van der Waals surface area (Å²) in [6.45, 7) is 6.91. The van der Waals surface area contributed by atoms with Crippen molar-refractivity contribution in [3.05, 3.63) is 29.8 Å². The number of benzene rings is 1. The largest absolute Gasteiger partial charge is 0.396 e. The number of anilines is 1. The Morgan fingerprint density at radius 1 is 1.25 bits per heavy atom. The van der Waals surface area contributed by atoms with Crippen molar-refractivity contribution in [3.63, 3.8) is 0 Å². The molecule has 1 amide bonds. The summed E-state index contributed by atoms with van der Waals surface area (Å²) in [5.41, 5.74) is 2.00. The van der Waals surface area contributed by atoms with E-state index in [0.29, 0.717) is 5.92 Å². The first-order chi connectivity index (χ1) is 9.52. The molecular weight excluding hydrogens is 252 g/mol. The van der Waals surface area contributed by atoms with Gasteiger partial charge in [0.25, 0.3) is 0 Å². The monoisotopic (exact) mass is 278 g/mol. The zero-order valence-corrected chi connectivity index (χ0v) is 12.6. The molecule has 20 heavy (non-hydrogen) atoms. The number of amides is 1. The second-order valence-corrected chi connectivity index (χ2v) is 5.46. The minimum Gasteiger partial charge on any atom is -0.396 e. The Labute approximate surface area is 121 Å². The van der Waals surface area contributed by atoms with E-state index >= 15 is 0 Å². The molecule has 2 atom stereocenters. The molecule has 1 aromatic rings. The van der Waals surface area contributed by atoms with E-state index in [2.05, 4.69) is 10.6 Å². The van der Waals surface area contributed by atoms with E-state index in [4.69, 9.17) is 5.11 Å². The molecule has 0 fully saturated rings. The molecule has 4 nitrogen and oxygen atoms in total. The number of hydrogen-bond donors (Lipinski definition) is 3. The zero-order chi connectivity index (χ0) is 15.0. The maximum Gasteiger partial charge on any atom is 0.241 e. The molecule has 112 valence electrons. The Hall–Kier alpha value is -1.39. The molecule has 2 unspecified atom stereocenters. The third kappa shape index (κ3) is 6.17. The fourth-order valence-electron chi connectivity index (χ4n) is 1.84. The predicted octanol–water partition coefficient (Wildman–Crippen LogP) is 2.32. The van der Waals surface area contributed by atoms with Crippen LogP contribution in [0.1, 0.15) is 32.3 Å². The number of nitrogens with one attached hydrogen (secondary N) is 2. The van der Waals surface area contributed by atoms with Gasteiger partial charge < -0.3 is 15.7 Å². The summed E-state index contributed by atoms with van der Waals surface area (Å²) in [5.74, 6) is 0.303. The summed E-state index contributed by atoms with van der Waals surface area (Å²) >= 11 is 0. The van der Waals surface area contributed by atoms with Crippen LogP contribution in [0, 0.1) is 12.8 Å². The Balaban J connectivity index is 2.27. The summed E-state index contributed by atoms with van der Waals surface area (Å²) in [6.07, 6.45) is 1.93. The van der Waals surface area contributed by atoms with Crippen molar-refractivity contribution < 1.29 is 9.90 Å². The van der Waals surface area contributed by atoms with Crippen LogP contribution in [-0.2, 0) is 4.79 Å². The van der Waals surface area contributed by atoms with Crippen LogP contribution in [0.2, 0.25) is 0 Å². The van der Waals surface area contributed by atoms with Crippen LogP contribution in [0.5, 0.6) is 0 Å². The zero-order valence-electron chi connectivity index (χ0n) is 12.6. The quantitative estimate of drug-likeness (QED) is 0.640. The van der Waals surface area contributed by atoms with E-state index in [0.717, 1.165) is 25.1 Å². The first-order valence-corrected chi connectivity index (χ1v) is 7.24. The summed E-state index contributed by atoms with van der Waals surface area (Å²) in [5, 5.41) is 15.0. The Morgan fingerprint density at radius 3 is 2.50 bits per heavy atom. The molecule has 0 bridgehead atoms. The molecule has 0 saturated carbocycles. The van der Waals surface area contributed by atoms with Gasteiger partial charge in [-0.1, -0.05) is 24.6 Å². The first-order valence-electron chi connectivity index (χ1n) is 7.24. The Morgan fingerprint density at radius 2 is 1.90 bits per heavy atom. The maximum atomic E-state index is 12.0. The van der Waals surface area contributed by atoms with E-state index in [9.17, 15) is 4.79 Å². The van der Waals surface area contributed by atoms with Crippen molar-refractivity contribution in [2.24, 2.45) is 5.92 Å². The van der Waals surface area contributed by atoms with Crippen LogP contribution in [-0.4, -0.2) is 30.2 Å². The third-order valence-electron chi connectivity index (χ3n) is 3.35. The maximum absolute atomic E-state index is 12.0. The summed E-state index contributed by atoms with van der Waals surface area (Å²) < 4.78 is 0. The lowest BCUT2D eigenvalue weighted by molar-refractivity contribution is -0.117. The van der Waals surface area contributed by atoms with E-state index in [1.165, 1.54) is 5.56 Å². The molecule has 3 N–H and O–H groups in total. The van der Waals surface area contributed by atoms with Gasteiger partial charge >= 0.3 is 0 Å². The van der Waals surface area contributed by atoms with Crippen LogP contribution < -0.4 is 10.6 Å². The number of hydrogen-bond acceptors (Lipinski definition) is 3. The smallest absolute Gasteiger partial charge is 0.241 e. The first kappa shape index (κ1) is 16.7. The highest BCUT2D eigenvalue weighted by Gasteiger charge is 2.12. The number of carbonyl (C=O) groups excluding carboxylic acids is 1. The molecule has 0 aliphatic carbocycles. The van der Waals surface area contributed by atoms with Crippen molar-refractivity contribution in [1.82, 2.24) is 5.32 Å². The average molecular weight is 278 g/mol. The van der Waals surface area contributed by atoms with Crippen molar-refractivity contribution >= 4 is 11.6 Å². The molecule has 0 aliphatic heterocycles. The van der Waals surface area contributed by atoms with E-state index in [-0.39, 0.29) is 18.6 Å². The van der Waals surface area contributed by atoms with E-state index in [1.54, 1.807) is 0 Å². The molecule has 0 heterocycles. The van der Waals surface area contributed by atoms with Crippen LogP contribution in [0.3, 0.4) is 0 Å². The van der Waals surface area contributed by atoms with Gasteiger partial charge in [0.15, 0.2) is 0 Å². The lowest BCUT2D eigenvalue weighted by atomic mass is 10.1. The number of aliphatic hydroxyl groups is 1. The van der Waals surface area contributed by atoms with Gasteiger partial charge in [0.2, 0.25) is 5.91 Å². The molecule has 0 aliphatic rings. The van der Waals surface area contributed by atoms with Crippen LogP contribution in [0.25, 0.3) is 0 Å². The van der Waals surface area contributed by atoms with E-state index < -0.39 is 0 Å². The molecule has 4 heteroatoms. The summed E-state index contributed by atoms with van der Waals surface area (Å²) in [6, 6.07) is 7.54. The average Bonchev–Trinajstić information content (AvgIpc) is 2.45. The summed E-state index contributed by atoms with van der Waals surface area (Å²) in [4.78, 5) is 12.0. The highest BCUT2D eigenvalue weighted by atomic mass is 16.3. The topological polar surface area (TPSA) is 61.4 Å². The van der Waals surface area contributed by atoms with Gasteiger partial charge in [-0.15, -0.1) is 0 Å². The lowest BCUT2D eigenvalue weighted by Gasteiger charge is -2.15. The van der Waals surface area contributed by atoms with Gasteiger partial charge in [0.1, 0.15) is 0 Å². The predicted molar refractivity (Wildman–Crippen MR) is 82.8 cm³/mol. The second kappa shape index (κ2) is 8.72. The van der Waals surface area contributed by atoms with Crippen LogP contribution >= 0.6 is 0 Å². The number of rotatable bonds is 8. The van der Waals surface area contributed by atoms with Gasteiger partial charge in [-0.3, -0.25) is 4.79 Å². The minimum absolute atomic E-state index is 0.0240. The van der Waals surface area contributed by atoms with Gasteiger partial charge in [0, 0.05) is 12.3 Å². The number of carbonyl (C=O) groups is 1. The van der Waals surface area contributed by atoms with Crippen molar-refractivity contribution in [2.45, 2.75) is 39.7 Å². The minimum atomic E-state index is -0.222. The van der Waals surface area contributed by atoms with Crippen molar-refractivity contribution in [1.29, 1.82) is 0 Å². The second-order valence-electron chi connectivity index (χ2n) is 5.46. The van der Waals surface area contributed by atoms with Crippen molar-refractivity contribution in [2.75, 3.05) is 18.5 Å². The van der Waals surface area contributed by atoms with Crippen LogP contribution in [0.15, 0.2) is 24.3 Å². The molecular formula is C16H26N2O2. The van der Waals surface area contributed by atoms with Gasteiger partial charge in [-0.05, 0) is 51.3 Å². The SMILES string of the molecule is Cc1ccc(NC(=O)C(C)NCCCC(C)CO)cc1. The van der Waals surface area contributed by atoms with Gasteiger partial charge in [-0.2, -0.15) is 0 Å². The number of aliphatic hydroxyl groups excluding tert-OH is 1. The Kier molecular flexibility index (Phi) is 7.26. The molecule has 0 saturated heterocycles. The van der Waals surface area contributed by atoms with Gasteiger partial charge in [0.05, 0.1) is 6.04 Å². The highest BCUT2D eigenvalue weighted by molar-refractivity contribution is 5.94. The highest BCUT2D eigenvalue weighted by Crippen LogP contribution is 2.09. The number of aryl methyl sites for hydroxylation is 1. The molecule has 0 radical (unpaired) electrons. The fraction of sp³-hybridized carbons (Fsp3) is 0.562. The lowest BCUT2D eigenvalue weighted by Crippen LogP contribution is -2.38. The van der Waals surface area contributed by atoms with Gasteiger partial charge in [-0.25, -0.2) is 0 Å². The summed E-state index contributed by atoms with van der Waals surface area (Å²) in [7, 11) is 0. The fourth-order valence-corrected chi connectivity index (χ4v) is 1.84. The van der Waals surface area contributed by atoms with E-state index in [1.807, 2.05) is 45.0 Å². The Bertz CT molecular complexity index is 403. The molecule has 0 spiro atoms.